The lowest BCUT2D eigenvalue weighted by Gasteiger charge is -2.15. The van der Waals surface area contributed by atoms with Crippen molar-refractivity contribution in [1.29, 1.82) is 0 Å². The largest absolute Gasteiger partial charge is 0.350 e. The molecule has 2 nitrogen and oxygen atoms in total. The molecule has 1 aromatic rings. The van der Waals surface area contributed by atoms with Crippen molar-refractivity contribution in [3.05, 3.63) is 42.0 Å². The molecule has 86 valence electrons. The lowest BCUT2D eigenvalue weighted by atomic mass is 10.1. The van der Waals surface area contributed by atoms with E-state index in [0.29, 0.717) is 5.92 Å². The van der Waals surface area contributed by atoms with Gasteiger partial charge in [0, 0.05) is 12.1 Å². The number of rotatable bonds is 4. The smallest absolute Gasteiger partial charge is 0.244 e. The van der Waals surface area contributed by atoms with Crippen LogP contribution in [0.3, 0.4) is 0 Å². The molecule has 2 heteroatoms. The summed E-state index contributed by atoms with van der Waals surface area (Å²) < 4.78 is 0. The molecule has 1 unspecified atom stereocenters. The van der Waals surface area contributed by atoms with Gasteiger partial charge in [0.1, 0.15) is 0 Å². The van der Waals surface area contributed by atoms with Gasteiger partial charge in [0.05, 0.1) is 0 Å². The minimum atomic E-state index is -0.0370. The fourth-order valence-corrected chi connectivity index (χ4v) is 1.18. The third-order valence-electron chi connectivity index (χ3n) is 2.60. The SMILES string of the molecule is CC(C)C(C)NC(=O)/C=C/c1ccccc1. The second-order valence-electron chi connectivity index (χ2n) is 4.29. The molecule has 0 radical (unpaired) electrons. The van der Waals surface area contributed by atoms with Crippen LogP contribution in [0.5, 0.6) is 0 Å². The molecular formula is C14H19NO. The van der Waals surface area contributed by atoms with Crippen LogP contribution in [0.4, 0.5) is 0 Å². The minimum Gasteiger partial charge on any atom is -0.350 e. The van der Waals surface area contributed by atoms with Gasteiger partial charge in [0.2, 0.25) is 5.91 Å². The Morgan fingerprint density at radius 3 is 2.38 bits per heavy atom. The molecule has 0 spiro atoms. The number of benzene rings is 1. The zero-order chi connectivity index (χ0) is 12.0. The van der Waals surface area contributed by atoms with E-state index in [2.05, 4.69) is 19.2 Å². The molecule has 0 aromatic heterocycles. The molecule has 0 saturated carbocycles. The number of nitrogens with one attached hydrogen (secondary N) is 1. The Bertz CT molecular complexity index is 354. The van der Waals surface area contributed by atoms with Crippen LogP contribution in [0.1, 0.15) is 26.3 Å². The Morgan fingerprint density at radius 1 is 1.19 bits per heavy atom. The van der Waals surface area contributed by atoms with E-state index in [1.165, 1.54) is 0 Å². The highest BCUT2D eigenvalue weighted by molar-refractivity contribution is 5.91. The quantitative estimate of drug-likeness (QED) is 0.772. The molecular weight excluding hydrogens is 198 g/mol. The van der Waals surface area contributed by atoms with E-state index in [1.54, 1.807) is 6.08 Å². The molecule has 1 aromatic carbocycles. The lowest BCUT2D eigenvalue weighted by Crippen LogP contribution is -2.34. The summed E-state index contributed by atoms with van der Waals surface area (Å²) in [5, 5.41) is 2.92. The molecule has 0 bridgehead atoms. The number of amides is 1. The number of carbonyl (C=O) groups is 1. The van der Waals surface area contributed by atoms with Gasteiger partial charge in [0.15, 0.2) is 0 Å². The van der Waals surface area contributed by atoms with Crippen molar-refractivity contribution in [3.8, 4) is 0 Å². The summed E-state index contributed by atoms with van der Waals surface area (Å²) in [5.74, 6) is 0.416. The van der Waals surface area contributed by atoms with Crippen LogP contribution in [0, 0.1) is 5.92 Å². The monoisotopic (exact) mass is 217 g/mol. The van der Waals surface area contributed by atoms with Gasteiger partial charge in [-0.25, -0.2) is 0 Å². The van der Waals surface area contributed by atoms with Gasteiger partial charge in [-0.1, -0.05) is 44.2 Å². The van der Waals surface area contributed by atoms with Gasteiger partial charge in [0.25, 0.3) is 0 Å². The maximum atomic E-state index is 11.5. The van der Waals surface area contributed by atoms with Crippen LogP contribution >= 0.6 is 0 Å². The maximum Gasteiger partial charge on any atom is 0.244 e. The Kier molecular flexibility index (Phi) is 4.77. The van der Waals surface area contributed by atoms with Crippen LogP contribution < -0.4 is 5.32 Å². The molecule has 1 amide bonds. The normalized spacial score (nSPS) is 13.0. The first-order valence-corrected chi connectivity index (χ1v) is 5.63. The van der Waals surface area contributed by atoms with Crippen LogP contribution in [0.2, 0.25) is 0 Å². The van der Waals surface area contributed by atoms with Gasteiger partial charge >= 0.3 is 0 Å². The Labute approximate surface area is 97.4 Å². The summed E-state index contributed by atoms with van der Waals surface area (Å²) in [5.41, 5.74) is 1.04. The zero-order valence-corrected chi connectivity index (χ0v) is 10.1. The fourth-order valence-electron chi connectivity index (χ4n) is 1.18. The third kappa shape index (κ3) is 4.30. The molecule has 0 fully saturated rings. The molecule has 0 aliphatic heterocycles. The summed E-state index contributed by atoms with van der Waals surface area (Å²) >= 11 is 0. The van der Waals surface area contributed by atoms with Gasteiger partial charge < -0.3 is 5.32 Å². The van der Waals surface area contributed by atoms with Crippen molar-refractivity contribution >= 4 is 12.0 Å². The minimum absolute atomic E-state index is 0.0370. The summed E-state index contributed by atoms with van der Waals surface area (Å²) in [6.07, 6.45) is 3.40. The lowest BCUT2D eigenvalue weighted by molar-refractivity contribution is -0.117. The van der Waals surface area contributed by atoms with Crippen LogP contribution in [0.25, 0.3) is 6.08 Å². The highest BCUT2D eigenvalue weighted by Gasteiger charge is 2.07. The average Bonchev–Trinajstić information content (AvgIpc) is 2.27. The molecule has 16 heavy (non-hydrogen) atoms. The number of carbonyl (C=O) groups excluding carboxylic acids is 1. The van der Waals surface area contributed by atoms with Gasteiger partial charge in [-0.05, 0) is 24.5 Å². The predicted molar refractivity (Wildman–Crippen MR) is 67.9 cm³/mol. The molecule has 0 heterocycles. The summed E-state index contributed by atoms with van der Waals surface area (Å²) in [6, 6.07) is 10.00. The average molecular weight is 217 g/mol. The van der Waals surface area contributed by atoms with E-state index in [9.17, 15) is 4.79 Å². The molecule has 1 rings (SSSR count). The van der Waals surface area contributed by atoms with Crippen molar-refractivity contribution in [3.63, 3.8) is 0 Å². The van der Waals surface area contributed by atoms with E-state index < -0.39 is 0 Å². The van der Waals surface area contributed by atoms with Crippen molar-refractivity contribution in [2.75, 3.05) is 0 Å². The molecule has 0 saturated heterocycles. The summed E-state index contributed by atoms with van der Waals surface area (Å²) in [7, 11) is 0. The first-order chi connectivity index (χ1) is 7.59. The first kappa shape index (κ1) is 12.5. The second kappa shape index (κ2) is 6.11. The molecule has 1 atom stereocenters. The van der Waals surface area contributed by atoms with E-state index >= 15 is 0 Å². The Morgan fingerprint density at radius 2 is 1.81 bits per heavy atom. The van der Waals surface area contributed by atoms with Crippen molar-refractivity contribution in [1.82, 2.24) is 5.32 Å². The zero-order valence-electron chi connectivity index (χ0n) is 10.1. The summed E-state index contributed by atoms with van der Waals surface area (Å²) in [6.45, 7) is 6.19. The second-order valence-corrected chi connectivity index (χ2v) is 4.29. The van der Waals surface area contributed by atoms with E-state index in [0.717, 1.165) is 5.56 Å². The molecule has 1 N–H and O–H groups in total. The Balaban J connectivity index is 2.49. The van der Waals surface area contributed by atoms with Crippen molar-refractivity contribution in [2.24, 2.45) is 5.92 Å². The maximum absolute atomic E-state index is 11.5. The molecule has 0 aliphatic carbocycles. The van der Waals surface area contributed by atoms with Gasteiger partial charge in [-0.3, -0.25) is 4.79 Å². The van der Waals surface area contributed by atoms with Crippen molar-refractivity contribution in [2.45, 2.75) is 26.8 Å². The van der Waals surface area contributed by atoms with Crippen LogP contribution in [-0.4, -0.2) is 11.9 Å². The van der Waals surface area contributed by atoms with E-state index in [-0.39, 0.29) is 11.9 Å². The van der Waals surface area contributed by atoms with Crippen molar-refractivity contribution < 1.29 is 4.79 Å². The van der Waals surface area contributed by atoms with Gasteiger partial charge in [-0.15, -0.1) is 0 Å². The Hall–Kier alpha value is -1.57. The molecule has 0 aliphatic rings. The van der Waals surface area contributed by atoms with Gasteiger partial charge in [-0.2, -0.15) is 0 Å². The van der Waals surface area contributed by atoms with E-state index in [1.807, 2.05) is 43.3 Å². The van der Waals surface area contributed by atoms with Crippen LogP contribution in [0.15, 0.2) is 36.4 Å². The highest BCUT2D eigenvalue weighted by atomic mass is 16.1. The predicted octanol–water partition coefficient (Wildman–Crippen LogP) is 2.86. The number of hydrogen-bond donors (Lipinski definition) is 1. The van der Waals surface area contributed by atoms with E-state index in [4.69, 9.17) is 0 Å². The highest BCUT2D eigenvalue weighted by Crippen LogP contribution is 2.02. The number of hydrogen-bond acceptors (Lipinski definition) is 1. The fraction of sp³-hybridized carbons (Fsp3) is 0.357. The third-order valence-corrected chi connectivity index (χ3v) is 2.60. The van der Waals surface area contributed by atoms with Crippen LogP contribution in [-0.2, 0) is 4.79 Å². The summed E-state index contributed by atoms with van der Waals surface area (Å²) in [4.78, 5) is 11.5. The first-order valence-electron chi connectivity index (χ1n) is 5.63. The standard InChI is InChI=1S/C14H19NO/c1-11(2)12(3)15-14(16)10-9-13-7-5-4-6-8-13/h4-12H,1-3H3,(H,15,16)/b10-9+. The topological polar surface area (TPSA) is 29.1 Å².